The van der Waals surface area contributed by atoms with Gasteiger partial charge in [0.25, 0.3) is 5.89 Å². The highest BCUT2D eigenvalue weighted by atomic mass is 16.5. The maximum Gasteiger partial charge on any atom is 0.275 e. The van der Waals surface area contributed by atoms with Gasteiger partial charge < -0.3 is 14.2 Å². The van der Waals surface area contributed by atoms with Crippen LogP contribution in [0.25, 0.3) is 22.8 Å². The van der Waals surface area contributed by atoms with Crippen LogP contribution in [0, 0.1) is 0 Å². The maximum absolute atomic E-state index is 12.7. The molecular weight excluding hydrogens is 394 g/mol. The molecule has 8 nitrogen and oxygen atoms in total. The van der Waals surface area contributed by atoms with Crippen LogP contribution in [0.15, 0.2) is 65.2 Å². The molecule has 8 heteroatoms. The van der Waals surface area contributed by atoms with Gasteiger partial charge in [0.05, 0.1) is 18.0 Å². The van der Waals surface area contributed by atoms with Crippen molar-refractivity contribution < 1.29 is 14.1 Å². The third-order valence-electron chi connectivity index (χ3n) is 5.27. The summed E-state index contributed by atoms with van der Waals surface area (Å²) in [4.78, 5) is 19.0. The van der Waals surface area contributed by atoms with E-state index in [-0.39, 0.29) is 11.8 Å². The van der Waals surface area contributed by atoms with Crippen molar-refractivity contribution in [3.05, 3.63) is 66.5 Å². The minimum atomic E-state index is -0.156. The fraction of sp³-hybridized carbons (Fsp3) is 0.217. The number of benzene rings is 2. The minimum absolute atomic E-state index is 0.0106. The van der Waals surface area contributed by atoms with E-state index in [2.05, 4.69) is 20.3 Å². The monoisotopic (exact) mass is 415 g/mol. The molecular formula is C23H21N5O3. The molecule has 156 valence electrons. The third-order valence-corrected chi connectivity index (χ3v) is 5.27. The first-order valence-corrected chi connectivity index (χ1v) is 10.2. The first-order valence-electron chi connectivity index (χ1n) is 10.2. The first kappa shape index (κ1) is 19.0. The lowest BCUT2D eigenvalue weighted by Crippen LogP contribution is -2.25. The van der Waals surface area contributed by atoms with Gasteiger partial charge in [0.15, 0.2) is 5.82 Å². The fourth-order valence-electron chi connectivity index (χ4n) is 3.77. The number of nitrogens with one attached hydrogen (secondary N) is 1. The second-order valence-corrected chi connectivity index (χ2v) is 7.30. The molecule has 31 heavy (non-hydrogen) atoms. The van der Waals surface area contributed by atoms with Gasteiger partial charge in [-0.25, -0.2) is 0 Å². The largest absolute Gasteiger partial charge is 0.492 e. The van der Waals surface area contributed by atoms with E-state index in [0.717, 1.165) is 16.9 Å². The molecule has 0 aliphatic carbocycles. The van der Waals surface area contributed by atoms with Gasteiger partial charge in [-0.2, -0.15) is 10.1 Å². The molecule has 0 bridgehead atoms. The molecule has 1 fully saturated rings. The van der Waals surface area contributed by atoms with Gasteiger partial charge >= 0.3 is 0 Å². The van der Waals surface area contributed by atoms with E-state index in [4.69, 9.17) is 9.26 Å². The molecule has 0 saturated carbocycles. The lowest BCUT2D eigenvalue weighted by molar-refractivity contribution is -0.117. The molecule has 0 radical (unpaired) electrons. The zero-order valence-electron chi connectivity index (χ0n) is 17.0. The summed E-state index contributed by atoms with van der Waals surface area (Å²) in [6, 6.07) is 19.3. The van der Waals surface area contributed by atoms with Gasteiger partial charge in [0.2, 0.25) is 5.91 Å². The van der Waals surface area contributed by atoms with Crippen molar-refractivity contribution in [2.75, 3.05) is 18.1 Å². The number of carbonyl (C=O) groups is 1. The van der Waals surface area contributed by atoms with E-state index in [1.165, 1.54) is 0 Å². The van der Waals surface area contributed by atoms with Crippen LogP contribution in [0.3, 0.4) is 0 Å². The van der Waals surface area contributed by atoms with E-state index >= 15 is 0 Å². The number of hydrogen-bond donors (Lipinski definition) is 1. The van der Waals surface area contributed by atoms with Crippen LogP contribution >= 0.6 is 0 Å². The molecule has 4 aromatic rings. The van der Waals surface area contributed by atoms with Gasteiger partial charge in [-0.15, -0.1) is 0 Å². The molecule has 5 rings (SSSR count). The van der Waals surface area contributed by atoms with Crippen molar-refractivity contribution in [3.63, 3.8) is 0 Å². The molecule has 1 saturated heterocycles. The van der Waals surface area contributed by atoms with Crippen LogP contribution in [-0.4, -0.2) is 39.4 Å². The summed E-state index contributed by atoms with van der Waals surface area (Å²) in [5.41, 5.74) is 3.20. The highest BCUT2D eigenvalue weighted by Gasteiger charge is 2.36. The normalized spacial score (nSPS) is 16.1. The molecule has 2 aromatic heterocycles. The summed E-state index contributed by atoms with van der Waals surface area (Å²) in [7, 11) is 0. The van der Waals surface area contributed by atoms with Gasteiger partial charge in [-0.1, -0.05) is 47.6 Å². The molecule has 1 aliphatic heterocycles. The maximum atomic E-state index is 12.7. The van der Waals surface area contributed by atoms with E-state index in [0.29, 0.717) is 42.7 Å². The molecule has 1 aliphatic rings. The van der Waals surface area contributed by atoms with Crippen molar-refractivity contribution in [2.24, 2.45) is 0 Å². The smallest absolute Gasteiger partial charge is 0.275 e. The summed E-state index contributed by atoms with van der Waals surface area (Å²) in [6.07, 6.45) is 0.317. The summed E-state index contributed by atoms with van der Waals surface area (Å²) in [5, 5.41) is 11.4. The Bertz CT molecular complexity index is 1200. The number of nitrogens with zero attached hydrogens (tertiary/aromatic N) is 4. The van der Waals surface area contributed by atoms with Crippen LogP contribution in [-0.2, 0) is 4.79 Å². The number of aromatic nitrogens is 4. The van der Waals surface area contributed by atoms with Crippen LogP contribution in [0.5, 0.6) is 5.75 Å². The standard InChI is InChI=1S/C23H21N5O3/c1-2-30-20-11-7-6-10-19(20)28-14-16(12-21(28)29)22-24-23(31-27-22)18-13-17(25-26-18)15-8-4-3-5-9-15/h3-11,13,16H,2,12,14H2,1H3,(H,25,26). The Morgan fingerprint density at radius 3 is 2.81 bits per heavy atom. The van der Waals surface area contributed by atoms with E-state index in [1.807, 2.05) is 67.6 Å². The summed E-state index contributed by atoms with van der Waals surface area (Å²) in [5.74, 6) is 1.41. The number of carbonyl (C=O) groups excluding carboxylic acids is 1. The Kier molecular flexibility index (Phi) is 4.95. The predicted octanol–water partition coefficient (Wildman–Crippen LogP) is 4.05. The number of rotatable bonds is 6. The fourth-order valence-corrected chi connectivity index (χ4v) is 3.77. The number of hydrogen-bond acceptors (Lipinski definition) is 6. The van der Waals surface area contributed by atoms with Crippen LogP contribution in [0.2, 0.25) is 0 Å². The van der Waals surface area contributed by atoms with Crippen LogP contribution < -0.4 is 9.64 Å². The zero-order chi connectivity index (χ0) is 21.2. The minimum Gasteiger partial charge on any atom is -0.492 e. The predicted molar refractivity (Wildman–Crippen MR) is 115 cm³/mol. The van der Waals surface area contributed by atoms with E-state index < -0.39 is 0 Å². The second kappa shape index (κ2) is 8.06. The molecule has 1 amide bonds. The SMILES string of the molecule is CCOc1ccccc1N1CC(c2noc(-c3cc(-c4ccccc4)n[nH]3)n2)CC1=O. The molecule has 1 atom stereocenters. The van der Waals surface area contributed by atoms with Gasteiger partial charge in [0.1, 0.15) is 11.4 Å². The second-order valence-electron chi connectivity index (χ2n) is 7.30. The highest BCUT2D eigenvalue weighted by molar-refractivity contribution is 5.97. The third kappa shape index (κ3) is 3.68. The lowest BCUT2D eigenvalue weighted by atomic mass is 10.1. The Morgan fingerprint density at radius 2 is 1.97 bits per heavy atom. The average molecular weight is 415 g/mol. The summed E-state index contributed by atoms with van der Waals surface area (Å²) < 4.78 is 11.1. The van der Waals surface area contributed by atoms with Crippen molar-refractivity contribution in [3.8, 4) is 28.6 Å². The van der Waals surface area contributed by atoms with Crippen molar-refractivity contribution in [1.82, 2.24) is 20.3 Å². The average Bonchev–Trinajstić information content (AvgIpc) is 3.54. The Balaban J connectivity index is 1.35. The van der Waals surface area contributed by atoms with Gasteiger partial charge in [0, 0.05) is 24.4 Å². The molecule has 1 unspecified atom stereocenters. The van der Waals surface area contributed by atoms with Crippen molar-refractivity contribution in [1.29, 1.82) is 0 Å². The number of para-hydroxylation sites is 2. The molecule has 2 aromatic carbocycles. The Morgan fingerprint density at radius 1 is 1.16 bits per heavy atom. The number of amides is 1. The number of aromatic amines is 1. The van der Waals surface area contributed by atoms with Gasteiger partial charge in [-0.05, 0) is 25.1 Å². The Hall–Kier alpha value is -3.94. The lowest BCUT2D eigenvalue weighted by Gasteiger charge is -2.19. The number of H-pyrrole nitrogens is 1. The number of anilines is 1. The van der Waals surface area contributed by atoms with Crippen molar-refractivity contribution in [2.45, 2.75) is 19.3 Å². The van der Waals surface area contributed by atoms with Crippen molar-refractivity contribution >= 4 is 11.6 Å². The van der Waals surface area contributed by atoms with Gasteiger partial charge in [-0.3, -0.25) is 9.89 Å². The quantitative estimate of drug-likeness (QED) is 0.510. The summed E-state index contributed by atoms with van der Waals surface area (Å²) in [6.45, 7) is 2.93. The van der Waals surface area contributed by atoms with Crippen LogP contribution in [0.1, 0.15) is 25.1 Å². The highest BCUT2D eigenvalue weighted by Crippen LogP contribution is 2.36. The molecule has 0 spiro atoms. The summed E-state index contributed by atoms with van der Waals surface area (Å²) >= 11 is 0. The van der Waals surface area contributed by atoms with E-state index in [9.17, 15) is 4.79 Å². The topological polar surface area (TPSA) is 97.1 Å². The zero-order valence-corrected chi connectivity index (χ0v) is 17.0. The van der Waals surface area contributed by atoms with Crippen LogP contribution in [0.4, 0.5) is 5.69 Å². The first-order chi connectivity index (χ1) is 15.2. The molecule has 1 N–H and O–H groups in total. The number of ether oxygens (including phenoxy) is 1. The van der Waals surface area contributed by atoms with E-state index in [1.54, 1.807) is 4.90 Å². The Labute approximate surface area is 178 Å². The molecule has 3 heterocycles.